The average molecular weight is 278 g/mol. The molecule has 0 aliphatic carbocycles. The first kappa shape index (κ1) is 14.5. The number of nitrogens with zero attached hydrogens (tertiary/aromatic N) is 2. The molecule has 0 amide bonds. The lowest BCUT2D eigenvalue weighted by Gasteiger charge is -2.15. The molecular weight excluding hydrogens is 259 g/mol. The van der Waals surface area contributed by atoms with Gasteiger partial charge in [0.1, 0.15) is 17.6 Å². The van der Waals surface area contributed by atoms with E-state index in [1.54, 1.807) is 29.1 Å². The molecule has 2 rings (SSSR count). The maximum Gasteiger partial charge on any atom is 0.162 e. The second-order valence-corrected chi connectivity index (χ2v) is 4.63. The summed E-state index contributed by atoms with van der Waals surface area (Å²) in [7, 11) is 1.53. The van der Waals surface area contributed by atoms with E-state index in [-0.39, 0.29) is 12.2 Å². The van der Waals surface area contributed by atoms with Gasteiger partial charge in [-0.3, -0.25) is 4.68 Å². The largest absolute Gasteiger partial charge is 0.493 e. The van der Waals surface area contributed by atoms with Crippen LogP contribution in [0.25, 0.3) is 0 Å². The van der Waals surface area contributed by atoms with Gasteiger partial charge in [0, 0.05) is 13.0 Å². The summed E-state index contributed by atoms with van der Waals surface area (Å²) in [5, 5.41) is 14.6. The fourth-order valence-corrected chi connectivity index (χ4v) is 2.23. The zero-order valence-electron chi connectivity index (χ0n) is 11.7. The van der Waals surface area contributed by atoms with Crippen LogP contribution in [-0.4, -0.2) is 22.0 Å². The number of aryl methyl sites for hydroxylation is 1. The Morgan fingerprint density at radius 3 is 2.80 bits per heavy atom. The molecule has 4 nitrogen and oxygen atoms in total. The normalized spacial score (nSPS) is 12.4. The van der Waals surface area contributed by atoms with E-state index in [4.69, 9.17) is 4.74 Å². The first-order valence-electron chi connectivity index (χ1n) is 6.68. The van der Waals surface area contributed by atoms with Crippen molar-refractivity contribution in [1.82, 2.24) is 9.78 Å². The van der Waals surface area contributed by atoms with Crippen molar-refractivity contribution in [1.29, 1.82) is 0 Å². The lowest BCUT2D eigenvalue weighted by atomic mass is 10.0. The number of aliphatic hydroxyl groups is 1. The summed E-state index contributed by atoms with van der Waals surface area (Å²) in [6, 6.07) is 6.45. The van der Waals surface area contributed by atoms with E-state index in [1.807, 2.05) is 6.92 Å². The number of hydrogen-bond donors (Lipinski definition) is 1. The predicted octanol–water partition coefficient (Wildman–Crippen LogP) is 2.72. The summed E-state index contributed by atoms with van der Waals surface area (Å²) in [4.78, 5) is 0. The highest BCUT2D eigenvalue weighted by atomic mass is 19.1. The quantitative estimate of drug-likeness (QED) is 0.883. The molecule has 0 bridgehead atoms. The second kappa shape index (κ2) is 6.52. The Labute approximate surface area is 117 Å². The van der Waals surface area contributed by atoms with Gasteiger partial charge >= 0.3 is 0 Å². The highest BCUT2D eigenvalue weighted by molar-refractivity contribution is 5.29. The zero-order chi connectivity index (χ0) is 14.5. The molecule has 0 saturated heterocycles. The molecule has 0 aliphatic heterocycles. The lowest BCUT2D eigenvalue weighted by molar-refractivity contribution is 0.161. The Morgan fingerprint density at radius 1 is 1.40 bits per heavy atom. The number of benzene rings is 1. The molecule has 20 heavy (non-hydrogen) atoms. The maximum absolute atomic E-state index is 13.7. The molecule has 1 heterocycles. The highest BCUT2D eigenvalue weighted by Crippen LogP contribution is 2.28. The second-order valence-electron chi connectivity index (χ2n) is 4.63. The smallest absolute Gasteiger partial charge is 0.162 e. The van der Waals surface area contributed by atoms with Crippen LogP contribution in [0.2, 0.25) is 0 Å². The van der Waals surface area contributed by atoms with Gasteiger partial charge in [0.25, 0.3) is 0 Å². The number of aliphatic hydroxyl groups excluding tert-OH is 1. The molecule has 0 fully saturated rings. The number of rotatable bonds is 6. The van der Waals surface area contributed by atoms with Crippen molar-refractivity contribution in [2.75, 3.05) is 7.11 Å². The zero-order valence-corrected chi connectivity index (χ0v) is 11.7. The molecule has 2 aromatic rings. The summed E-state index contributed by atoms with van der Waals surface area (Å²) in [5.74, 6) is 0.217. The van der Waals surface area contributed by atoms with Crippen molar-refractivity contribution in [2.24, 2.45) is 0 Å². The van der Waals surface area contributed by atoms with E-state index in [1.165, 1.54) is 13.2 Å². The van der Waals surface area contributed by atoms with Crippen LogP contribution in [0.3, 0.4) is 0 Å². The van der Waals surface area contributed by atoms with Crippen LogP contribution in [0.1, 0.15) is 30.7 Å². The summed E-state index contributed by atoms with van der Waals surface area (Å²) in [5.41, 5.74) is 1.07. The topological polar surface area (TPSA) is 47.3 Å². The number of ether oxygens (including phenoxy) is 1. The van der Waals surface area contributed by atoms with Gasteiger partial charge in [-0.15, -0.1) is 0 Å². The van der Waals surface area contributed by atoms with Crippen LogP contribution in [-0.2, 0) is 13.0 Å². The molecule has 0 spiro atoms. The van der Waals surface area contributed by atoms with Crippen molar-refractivity contribution < 1.29 is 14.2 Å². The summed E-state index contributed by atoms with van der Waals surface area (Å²) in [6.07, 6.45) is 1.81. The van der Waals surface area contributed by atoms with Gasteiger partial charge in [0.05, 0.1) is 13.3 Å². The van der Waals surface area contributed by atoms with Crippen molar-refractivity contribution in [3.05, 3.63) is 47.5 Å². The van der Waals surface area contributed by atoms with Gasteiger partial charge in [-0.2, -0.15) is 5.10 Å². The minimum absolute atomic E-state index is 0.193. The molecule has 1 atom stereocenters. The molecule has 0 aliphatic rings. The highest BCUT2D eigenvalue weighted by Gasteiger charge is 2.21. The molecular formula is C15H19FN2O2. The first-order valence-corrected chi connectivity index (χ1v) is 6.68. The molecule has 0 radical (unpaired) electrons. The number of aromatic nitrogens is 2. The van der Waals surface area contributed by atoms with Crippen LogP contribution >= 0.6 is 0 Å². The van der Waals surface area contributed by atoms with Crippen molar-refractivity contribution >= 4 is 0 Å². The van der Waals surface area contributed by atoms with Crippen LogP contribution in [0.5, 0.6) is 5.75 Å². The first-order chi connectivity index (χ1) is 9.67. The number of methoxy groups -OCH3 is 1. The predicted molar refractivity (Wildman–Crippen MR) is 74.1 cm³/mol. The maximum atomic E-state index is 13.7. The summed E-state index contributed by atoms with van der Waals surface area (Å²) >= 11 is 0. The van der Waals surface area contributed by atoms with E-state index in [0.717, 1.165) is 6.42 Å². The van der Waals surface area contributed by atoms with Gasteiger partial charge in [0.15, 0.2) is 5.75 Å². The Balaban J connectivity index is 2.26. The van der Waals surface area contributed by atoms with E-state index >= 15 is 0 Å². The van der Waals surface area contributed by atoms with Crippen molar-refractivity contribution in [3.63, 3.8) is 0 Å². The monoisotopic (exact) mass is 278 g/mol. The minimum atomic E-state index is -0.851. The minimum Gasteiger partial charge on any atom is -0.493 e. The van der Waals surface area contributed by atoms with Crippen LogP contribution in [0, 0.1) is 5.82 Å². The Kier molecular flexibility index (Phi) is 4.74. The van der Waals surface area contributed by atoms with Crippen molar-refractivity contribution in [2.45, 2.75) is 32.4 Å². The molecule has 1 unspecified atom stereocenters. The van der Waals surface area contributed by atoms with Crippen LogP contribution < -0.4 is 4.74 Å². The molecule has 108 valence electrons. The van der Waals surface area contributed by atoms with Gasteiger partial charge in [-0.05, 0) is 18.1 Å². The molecule has 5 heteroatoms. The third kappa shape index (κ3) is 2.99. The lowest BCUT2D eigenvalue weighted by Crippen LogP contribution is -2.12. The van der Waals surface area contributed by atoms with Crippen molar-refractivity contribution in [3.8, 4) is 5.75 Å². The van der Waals surface area contributed by atoms with E-state index < -0.39 is 6.10 Å². The molecule has 1 N–H and O–H groups in total. The van der Waals surface area contributed by atoms with E-state index in [9.17, 15) is 9.50 Å². The Bertz CT molecular complexity index is 569. The third-order valence-electron chi connectivity index (χ3n) is 3.19. The fourth-order valence-electron chi connectivity index (χ4n) is 2.23. The van der Waals surface area contributed by atoms with Crippen LogP contribution in [0.4, 0.5) is 4.39 Å². The molecule has 1 aromatic heterocycles. The SMILES string of the molecule is CCCn1ncc(OC)c1C(O)Cc1ccccc1F. The Hall–Kier alpha value is -1.88. The third-order valence-corrected chi connectivity index (χ3v) is 3.19. The molecule has 0 saturated carbocycles. The van der Waals surface area contributed by atoms with Gasteiger partial charge < -0.3 is 9.84 Å². The van der Waals surface area contributed by atoms with Gasteiger partial charge in [-0.1, -0.05) is 25.1 Å². The number of hydrogen-bond acceptors (Lipinski definition) is 3. The Morgan fingerprint density at radius 2 is 2.15 bits per heavy atom. The standard InChI is InChI=1S/C15H19FN2O2/c1-3-8-18-15(14(20-2)10-17-18)13(19)9-11-6-4-5-7-12(11)16/h4-7,10,13,19H,3,8-9H2,1-2H3. The molecule has 1 aromatic carbocycles. The van der Waals surface area contributed by atoms with Gasteiger partial charge in [-0.25, -0.2) is 4.39 Å². The number of halogens is 1. The summed E-state index contributed by atoms with van der Waals surface area (Å²) in [6.45, 7) is 2.72. The fraction of sp³-hybridized carbons (Fsp3) is 0.400. The van der Waals surface area contributed by atoms with Gasteiger partial charge in [0.2, 0.25) is 0 Å². The summed E-state index contributed by atoms with van der Waals surface area (Å²) < 4.78 is 20.6. The van der Waals surface area contributed by atoms with E-state index in [0.29, 0.717) is 23.6 Å². The van der Waals surface area contributed by atoms with E-state index in [2.05, 4.69) is 5.10 Å². The van der Waals surface area contributed by atoms with Crippen LogP contribution in [0.15, 0.2) is 30.5 Å². The average Bonchev–Trinajstić information content (AvgIpc) is 2.85.